The van der Waals surface area contributed by atoms with Gasteiger partial charge in [0.2, 0.25) is 0 Å². The minimum atomic E-state index is 0.945. The molecule has 1 aromatic heterocycles. The maximum Gasteiger partial charge on any atom is 0.0850 e. The van der Waals surface area contributed by atoms with Crippen molar-refractivity contribution in [2.24, 2.45) is 5.14 Å². The van der Waals surface area contributed by atoms with Crippen molar-refractivity contribution in [2.45, 2.75) is 4.90 Å². The fourth-order valence-corrected chi connectivity index (χ4v) is 1.74. The molecule has 1 aromatic carbocycles. The molecule has 2 aromatic rings. The summed E-state index contributed by atoms with van der Waals surface area (Å²) in [5.74, 6) is 0. The Balaban J connectivity index is 2.51. The van der Waals surface area contributed by atoms with E-state index in [0.29, 0.717) is 0 Å². The fourth-order valence-electron chi connectivity index (χ4n) is 1.30. The molecular formula is C11H10N2S. The zero-order valence-electron chi connectivity index (χ0n) is 7.55. The molecule has 0 radical (unpaired) electrons. The summed E-state index contributed by atoms with van der Waals surface area (Å²) in [5, 5.41) is 5.56. The second-order valence-corrected chi connectivity index (χ2v) is 3.51. The molecule has 2 N–H and O–H groups in total. The van der Waals surface area contributed by atoms with Crippen molar-refractivity contribution < 1.29 is 0 Å². The zero-order chi connectivity index (χ0) is 9.80. The van der Waals surface area contributed by atoms with Crippen molar-refractivity contribution in [3.8, 4) is 11.3 Å². The highest BCUT2D eigenvalue weighted by Gasteiger charge is 2.03. The van der Waals surface area contributed by atoms with Gasteiger partial charge in [-0.3, -0.25) is 10.1 Å². The first kappa shape index (κ1) is 9.24. The predicted molar refractivity (Wildman–Crippen MR) is 59.7 cm³/mol. The van der Waals surface area contributed by atoms with Gasteiger partial charge >= 0.3 is 0 Å². The first-order chi connectivity index (χ1) is 6.92. The predicted octanol–water partition coefficient (Wildman–Crippen LogP) is 2.71. The molecule has 0 atom stereocenters. The average molecular weight is 202 g/mol. The second-order valence-electron chi connectivity index (χ2n) is 2.83. The minimum Gasteiger partial charge on any atom is -0.274 e. The topological polar surface area (TPSA) is 38.9 Å². The normalized spacial score (nSPS) is 10.1. The molecule has 2 nitrogen and oxygen atoms in total. The van der Waals surface area contributed by atoms with Gasteiger partial charge in [-0.2, -0.15) is 0 Å². The second kappa shape index (κ2) is 4.26. The minimum absolute atomic E-state index is 0.945. The smallest absolute Gasteiger partial charge is 0.0850 e. The lowest BCUT2D eigenvalue weighted by Crippen LogP contribution is -1.88. The van der Waals surface area contributed by atoms with Crippen LogP contribution in [0.15, 0.2) is 53.6 Å². The fraction of sp³-hybridized carbons (Fsp3) is 0. The van der Waals surface area contributed by atoms with Gasteiger partial charge in [-0.15, -0.1) is 0 Å². The van der Waals surface area contributed by atoms with E-state index in [-0.39, 0.29) is 0 Å². The van der Waals surface area contributed by atoms with Crippen molar-refractivity contribution >= 4 is 11.9 Å². The Labute approximate surface area is 87.3 Å². The summed E-state index contributed by atoms with van der Waals surface area (Å²) in [6.45, 7) is 0. The maximum absolute atomic E-state index is 5.56. The van der Waals surface area contributed by atoms with E-state index in [1.807, 2.05) is 42.5 Å². The van der Waals surface area contributed by atoms with Crippen LogP contribution in [-0.4, -0.2) is 4.98 Å². The molecule has 0 saturated heterocycles. The molecule has 0 aliphatic carbocycles. The molecule has 1 heterocycles. The van der Waals surface area contributed by atoms with E-state index >= 15 is 0 Å². The van der Waals surface area contributed by atoms with Crippen LogP contribution in [0.3, 0.4) is 0 Å². The Hall–Kier alpha value is -1.32. The lowest BCUT2D eigenvalue weighted by atomic mass is 10.1. The van der Waals surface area contributed by atoms with Gasteiger partial charge in [0.15, 0.2) is 0 Å². The Morgan fingerprint density at radius 1 is 1.00 bits per heavy atom. The number of nitrogens with two attached hydrogens (primary N) is 1. The summed E-state index contributed by atoms with van der Waals surface area (Å²) in [4.78, 5) is 5.32. The quantitative estimate of drug-likeness (QED) is 0.761. The Morgan fingerprint density at radius 3 is 2.50 bits per heavy atom. The van der Waals surface area contributed by atoms with Gasteiger partial charge in [-0.25, -0.2) is 0 Å². The molecule has 0 unspecified atom stereocenters. The van der Waals surface area contributed by atoms with Crippen molar-refractivity contribution in [2.75, 3.05) is 0 Å². The third kappa shape index (κ3) is 1.78. The molecule has 70 valence electrons. The van der Waals surface area contributed by atoms with E-state index in [1.54, 1.807) is 6.20 Å². The lowest BCUT2D eigenvalue weighted by molar-refractivity contribution is 1.24. The Morgan fingerprint density at radius 2 is 1.79 bits per heavy atom. The molecule has 0 saturated carbocycles. The zero-order valence-corrected chi connectivity index (χ0v) is 8.37. The van der Waals surface area contributed by atoms with Gasteiger partial charge in [0.1, 0.15) is 0 Å². The van der Waals surface area contributed by atoms with Gasteiger partial charge in [0, 0.05) is 16.7 Å². The molecule has 0 bridgehead atoms. The molecule has 0 aliphatic rings. The van der Waals surface area contributed by atoms with Crippen LogP contribution in [0.4, 0.5) is 0 Å². The molecular weight excluding hydrogens is 192 g/mol. The van der Waals surface area contributed by atoms with Crippen LogP contribution < -0.4 is 5.14 Å². The molecule has 0 fully saturated rings. The summed E-state index contributed by atoms with van der Waals surface area (Å²) >= 11 is 1.23. The summed E-state index contributed by atoms with van der Waals surface area (Å²) < 4.78 is 0. The number of pyridine rings is 1. The maximum atomic E-state index is 5.56. The number of hydrogen-bond acceptors (Lipinski definition) is 3. The Bertz CT molecular complexity index is 415. The first-order valence-electron chi connectivity index (χ1n) is 4.29. The van der Waals surface area contributed by atoms with Gasteiger partial charge < -0.3 is 0 Å². The number of benzene rings is 1. The molecule has 0 aliphatic heterocycles. The van der Waals surface area contributed by atoms with Crippen LogP contribution in [0.25, 0.3) is 11.3 Å². The van der Waals surface area contributed by atoms with Crippen LogP contribution in [0.5, 0.6) is 0 Å². The van der Waals surface area contributed by atoms with Crippen LogP contribution in [-0.2, 0) is 0 Å². The van der Waals surface area contributed by atoms with Gasteiger partial charge in [-0.1, -0.05) is 30.3 Å². The van der Waals surface area contributed by atoms with Crippen LogP contribution >= 0.6 is 11.9 Å². The summed E-state index contributed by atoms with van der Waals surface area (Å²) in [7, 11) is 0. The number of rotatable bonds is 2. The SMILES string of the molecule is NSc1cccnc1-c1ccccc1. The van der Waals surface area contributed by atoms with Crippen molar-refractivity contribution in [1.82, 2.24) is 4.98 Å². The van der Waals surface area contributed by atoms with Crippen LogP contribution in [0.1, 0.15) is 0 Å². The molecule has 2 rings (SSSR count). The van der Waals surface area contributed by atoms with E-state index in [2.05, 4.69) is 4.98 Å². The average Bonchev–Trinajstić information content (AvgIpc) is 2.30. The molecule has 14 heavy (non-hydrogen) atoms. The van der Waals surface area contributed by atoms with Gasteiger partial charge in [0.25, 0.3) is 0 Å². The summed E-state index contributed by atoms with van der Waals surface area (Å²) in [6.07, 6.45) is 1.78. The third-order valence-electron chi connectivity index (χ3n) is 1.94. The highest BCUT2D eigenvalue weighted by atomic mass is 32.2. The van der Waals surface area contributed by atoms with Crippen LogP contribution in [0.2, 0.25) is 0 Å². The van der Waals surface area contributed by atoms with Crippen molar-refractivity contribution in [3.63, 3.8) is 0 Å². The third-order valence-corrected chi connectivity index (χ3v) is 2.53. The highest BCUT2D eigenvalue weighted by molar-refractivity contribution is 7.97. The van der Waals surface area contributed by atoms with E-state index in [4.69, 9.17) is 5.14 Å². The number of aromatic nitrogens is 1. The summed E-state index contributed by atoms with van der Waals surface area (Å²) in [5.41, 5.74) is 2.04. The Kier molecular flexibility index (Phi) is 2.81. The van der Waals surface area contributed by atoms with E-state index in [0.717, 1.165) is 16.2 Å². The van der Waals surface area contributed by atoms with E-state index in [9.17, 15) is 0 Å². The largest absolute Gasteiger partial charge is 0.274 e. The number of nitrogens with zero attached hydrogens (tertiary/aromatic N) is 1. The monoisotopic (exact) mass is 202 g/mol. The summed E-state index contributed by atoms with van der Waals surface area (Å²) in [6, 6.07) is 13.9. The van der Waals surface area contributed by atoms with Crippen molar-refractivity contribution in [3.05, 3.63) is 48.7 Å². The van der Waals surface area contributed by atoms with Crippen molar-refractivity contribution in [1.29, 1.82) is 0 Å². The van der Waals surface area contributed by atoms with Crippen LogP contribution in [0, 0.1) is 0 Å². The molecule has 3 heteroatoms. The van der Waals surface area contributed by atoms with E-state index in [1.165, 1.54) is 11.9 Å². The molecule has 0 spiro atoms. The van der Waals surface area contributed by atoms with Gasteiger partial charge in [0.05, 0.1) is 5.69 Å². The highest BCUT2D eigenvalue weighted by Crippen LogP contribution is 2.25. The first-order valence-corrected chi connectivity index (χ1v) is 5.17. The standard InChI is InChI=1S/C11H10N2S/c12-14-10-7-4-8-13-11(10)9-5-2-1-3-6-9/h1-8H,12H2. The van der Waals surface area contributed by atoms with E-state index < -0.39 is 0 Å². The lowest BCUT2D eigenvalue weighted by Gasteiger charge is -2.04. The number of hydrogen-bond donors (Lipinski definition) is 1. The molecule has 0 amide bonds. The van der Waals surface area contributed by atoms with Gasteiger partial charge in [-0.05, 0) is 24.1 Å².